The molecule has 7 nitrogen and oxygen atoms in total. The highest BCUT2D eigenvalue weighted by atomic mass is 32.2. The number of pyridine rings is 1. The van der Waals surface area contributed by atoms with E-state index in [1.807, 2.05) is 0 Å². The monoisotopic (exact) mass is 390 g/mol. The lowest BCUT2D eigenvalue weighted by atomic mass is 9.86. The Morgan fingerprint density at radius 3 is 2.73 bits per heavy atom. The first-order valence-electron chi connectivity index (χ1n) is 7.93. The molecule has 0 aliphatic carbocycles. The van der Waals surface area contributed by atoms with E-state index in [4.69, 9.17) is 4.52 Å². The Bertz CT molecular complexity index is 870. The first-order valence-corrected chi connectivity index (χ1v) is 9.75. The van der Waals surface area contributed by atoms with E-state index in [-0.39, 0.29) is 24.5 Å². The van der Waals surface area contributed by atoms with Crippen LogP contribution in [0.2, 0.25) is 0 Å². The SMILES string of the molecule is CCS(=O)(=O)Cc1noc(C2(C(F)(F)F)CCN(c3ccccn3)C2)n1. The van der Waals surface area contributed by atoms with Gasteiger partial charge in [-0.25, -0.2) is 13.4 Å². The highest BCUT2D eigenvalue weighted by molar-refractivity contribution is 7.90. The minimum atomic E-state index is -4.63. The van der Waals surface area contributed by atoms with Gasteiger partial charge in [0, 0.05) is 25.0 Å². The van der Waals surface area contributed by atoms with Gasteiger partial charge in [0.05, 0.1) is 0 Å². The Hall–Kier alpha value is -2.17. The Balaban J connectivity index is 1.92. The number of aromatic nitrogens is 3. The number of alkyl halides is 3. The van der Waals surface area contributed by atoms with Gasteiger partial charge in [-0.1, -0.05) is 18.1 Å². The maximum atomic E-state index is 13.9. The summed E-state index contributed by atoms with van der Waals surface area (Å²) in [6.45, 7) is 1.13. The van der Waals surface area contributed by atoms with Gasteiger partial charge in [0.1, 0.15) is 11.6 Å². The normalized spacial score (nSPS) is 21.3. The van der Waals surface area contributed by atoms with Crippen LogP contribution in [0.5, 0.6) is 0 Å². The topological polar surface area (TPSA) is 89.2 Å². The maximum Gasteiger partial charge on any atom is 0.405 e. The number of hydrogen-bond acceptors (Lipinski definition) is 7. The molecule has 11 heteroatoms. The summed E-state index contributed by atoms with van der Waals surface area (Å²) in [6, 6.07) is 4.99. The summed E-state index contributed by atoms with van der Waals surface area (Å²) in [5.41, 5.74) is -2.36. The largest absolute Gasteiger partial charge is 0.405 e. The summed E-state index contributed by atoms with van der Waals surface area (Å²) >= 11 is 0. The molecule has 1 fully saturated rings. The smallest absolute Gasteiger partial charge is 0.355 e. The quantitative estimate of drug-likeness (QED) is 0.772. The molecule has 1 aliphatic heterocycles. The number of halogens is 3. The standard InChI is InChI=1S/C15H17F3N4O3S/c1-2-26(23,24)9-11-20-13(25-21-11)14(15(16,17)18)6-8-22(10-14)12-5-3-4-7-19-12/h3-5,7H,2,6,8-10H2,1H3. The molecule has 142 valence electrons. The molecule has 0 radical (unpaired) electrons. The van der Waals surface area contributed by atoms with Crippen molar-refractivity contribution in [2.45, 2.75) is 30.7 Å². The summed E-state index contributed by atoms with van der Waals surface area (Å²) < 4.78 is 69.9. The predicted octanol–water partition coefficient (Wildman–Crippen LogP) is 2.11. The van der Waals surface area contributed by atoms with E-state index in [1.54, 1.807) is 18.2 Å². The van der Waals surface area contributed by atoms with Crippen LogP contribution in [-0.2, 0) is 21.0 Å². The average Bonchev–Trinajstić information content (AvgIpc) is 3.22. The summed E-state index contributed by atoms with van der Waals surface area (Å²) in [5, 5.41) is 3.45. The van der Waals surface area contributed by atoms with Crippen molar-refractivity contribution in [2.75, 3.05) is 23.7 Å². The number of rotatable bonds is 5. The molecule has 1 saturated heterocycles. The molecule has 1 unspecified atom stereocenters. The Morgan fingerprint density at radius 2 is 2.12 bits per heavy atom. The molecule has 0 amide bonds. The van der Waals surface area contributed by atoms with E-state index >= 15 is 0 Å². The van der Waals surface area contributed by atoms with Crippen LogP contribution in [0.3, 0.4) is 0 Å². The average molecular weight is 390 g/mol. The molecular formula is C15H17F3N4O3S. The fourth-order valence-corrected chi connectivity index (χ4v) is 3.59. The van der Waals surface area contributed by atoms with Crippen molar-refractivity contribution in [3.05, 3.63) is 36.1 Å². The van der Waals surface area contributed by atoms with Crippen molar-refractivity contribution in [1.29, 1.82) is 0 Å². The molecule has 0 bridgehead atoms. The van der Waals surface area contributed by atoms with E-state index in [1.165, 1.54) is 18.0 Å². The molecule has 3 heterocycles. The highest BCUT2D eigenvalue weighted by Crippen LogP contribution is 2.47. The molecule has 26 heavy (non-hydrogen) atoms. The second-order valence-corrected chi connectivity index (χ2v) is 8.48. The first kappa shape index (κ1) is 18.6. The molecule has 0 spiro atoms. The van der Waals surface area contributed by atoms with E-state index in [9.17, 15) is 21.6 Å². The number of anilines is 1. The zero-order valence-corrected chi connectivity index (χ0v) is 14.7. The Labute approximate surface area is 148 Å². The Kier molecular flexibility index (Phi) is 4.67. The first-order chi connectivity index (χ1) is 12.2. The molecule has 0 N–H and O–H groups in total. The lowest BCUT2D eigenvalue weighted by molar-refractivity contribution is -0.191. The highest BCUT2D eigenvalue weighted by Gasteiger charge is 2.63. The fraction of sp³-hybridized carbons (Fsp3) is 0.533. The number of hydrogen-bond donors (Lipinski definition) is 0. The third-order valence-corrected chi connectivity index (χ3v) is 6.03. The second kappa shape index (κ2) is 6.53. The van der Waals surface area contributed by atoms with Crippen molar-refractivity contribution in [3.8, 4) is 0 Å². The van der Waals surface area contributed by atoms with Gasteiger partial charge in [0.15, 0.2) is 21.1 Å². The predicted molar refractivity (Wildman–Crippen MR) is 86.3 cm³/mol. The summed E-state index contributed by atoms with van der Waals surface area (Å²) in [6.07, 6.45) is -3.41. The zero-order chi connectivity index (χ0) is 19.0. The van der Waals surface area contributed by atoms with Gasteiger partial charge in [0.25, 0.3) is 0 Å². The van der Waals surface area contributed by atoms with Crippen molar-refractivity contribution < 1.29 is 26.1 Å². The summed E-state index contributed by atoms with van der Waals surface area (Å²) in [7, 11) is -3.48. The lowest BCUT2D eigenvalue weighted by Crippen LogP contribution is -2.45. The molecule has 2 aromatic rings. The Morgan fingerprint density at radius 1 is 1.35 bits per heavy atom. The summed E-state index contributed by atoms with van der Waals surface area (Å²) in [5.74, 6) is -1.15. The molecule has 3 rings (SSSR count). The van der Waals surface area contributed by atoms with Gasteiger partial charge in [-0.3, -0.25) is 0 Å². The fourth-order valence-electron chi connectivity index (χ4n) is 2.88. The van der Waals surface area contributed by atoms with Gasteiger partial charge in [-0.15, -0.1) is 0 Å². The number of nitrogens with zero attached hydrogens (tertiary/aromatic N) is 4. The van der Waals surface area contributed by atoms with E-state index < -0.39 is 39.6 Å². The van der Waals surface area contributed by atoms with Crippen LogP contribution < -0.4 is 4.90 Å². The minimum absolute atomic E-state index is 0.113. The van der Waals surface area contributed by atoms with Crippen LogP contribution in [0, 0.1) is 0 Å². The molecule has 0 aromatic carbocycles. The van der Waals surface area contributed by atoms with Crippen molar-refractivity contribution in [1.82, 2.24) is 15.1 Å². The molecular weight excluding hydrogens is 373 g/mol. The summed E-state index contributed by atoms with van der Waals surface area (Å²) in [4.78, 5) is 9.35. The third kappa shape index (κ3) is 3.39. The van der Waals surface area contributed by atoms with Gasteiger partial charge in [-0.2, -0.15) is 18.2 Å². The van der Waals surface area contributed by atoms with Crippen molar-refractivity contribution in [3.63, 3.8) is 0 Å². The van der Waals surface area contributed by atoms with Crippen LogP contribution in [0.25, 0.3) is 0 Å². The van der Waals surface area contributed by atoms with Crippen LogP contribution in [-0.4, -0.2) is 48.6 Å². The van der Waals surface area contributed by atoms with E-state index in [0.29, 0.717) is 5.82 Å². The second-order valence-electron chi connectivity index (χ2n) is 6.13. The number of sulfone groups is 1. The van der Waals surface area contributed by atoms with Crippen LogP contribution in [0.15, 0.2) is 28.9 Å². The van der Waals surface area contributed by atoms with E-state index in [2.05, 4.69) is 15.1 Å². The molecule has 2 aromatic heterocycles. The van der Waals surface area contributed by atoms with Crippen LogP contribution in [0.4, 0.5) is 19.0 Å². The van der Waals surface area contributed by atoms with Gasteiger partial charge >= 0.3 is 6.18 Å². The van der Waals surface area contributed by atoms with Gasteiger partial charge in [-0.05, 0) is 18.6 Å². The van der Waals surface area contributed by atoms with Crippen molar-refractivity contribution in [2.24, 2.45) is 0 Å². The van der Waals surface area contributed by atoms with Crippen LogP contribution >= 0.6 is 0 Å². The lowest BCUT2D eigenvalue weighted by Gasteiger charge is -2.28. The molecule has 1 aliphatic rings. The van der Waals surface area contributed by atoms with Gasteiger partial charge in [0.2, 0.25) is 5.89 Å². The third-order valence-electron chi connectivity index (χ3n) is 4.45. The molecule has 1 atom stereocenters. The zero-order valence-electron chi connectivity index (χ0n) is 13.9. The minimum Gasteiger partial charge on any atom is -0.355 e. The van der Waals surface area contributed by atoms with Crippen molar-refractivity contribution >= 4 is 15.7 Å². The van der Waals surface area contributed by atoms with Gasteiger partial charge < -0.3 is 9.42 Å². The van der Waals surface area contributed by atoms with Crippen LogP contribution in [0.1, 0.15) is 25.1 Å². The van der Waals surface area contributed by atoms with E-state index in [0.717, 1.165) is 0 Å². The maximum absolute atomic E-state index is 13.9. The molecule has 0 saturated carbocycles.